The maximum absolute atomic E-state index is 12.9. The van der Waals surface area contributed by atoms with Crippen molar-refractivity contribution in [2.24, 2.45) is 0 Å². The van der Waals surface area contributed by atoms with Crippen LogP contribution in [-0.4, -0.2) is 20.4 Å². The van der Waals surface area contributed by atoms with Gasteiger partial charge >= 0.3 is 0 Å². The molecule has 8 heteroatoms. The van der Waals surface area contributed by atoms with Gasteiger partial charge < -0.3 is 10.1 Å². The van der Waals surface area contributed by atoms with Crippen LogP contribution < -0.4 is 14.8 Å². The van der Waals surface area contributed by atoms with E-state index in [1.165, 1.54) is 18.2 Å². The lowest BCUT2D eigenvalue weighted by Gasteiger charge is -2.13. The number of benzene rings is 3. The van der Waals surface area contributed by atoms with Gasteiger partial charge in [0.25, 0.3) is 15.9 Å². The van der Waals surface area contributed by atoms with Crippen LogP contribution in [0, 0.1) is 6.92 Å². The number of anilines is 2. The molecule has 0 aliphatic rings. The summed E-state index contributed by atoms with van der Waals surface area (Å²) in [6.07, 6.45) is -0.00381. The van der Waals surface area contributed by atoms with Crippen LogP contribution >= 0.6 is 11.6 Å². The van der Waals surface area contributed by atoms with Crippen molar-refractivity contribution in [3.63, 3.8) is 0 Å². The van der Waals surface area contributed by atoms with Crippen molar-refractivity contribution in [2.45, 2.75) is 31.8 Å². The number of aryl methyl sites for hydroxylation is 1. The third kappa shape index (κ3) is 5.99. The molecule has 3 rings (SSSR count). The minimum atomic E-state index is -3.99. The second kappa shape index (κ2) is 9.41. The molecule has 0 spiro atoms. The smallest absolute Gasteiger partial charge is 0.263 e. The second-order valence-electron chi connectivity index (χ2n) is 7.27. The van der Waals surface area contributed by atoms with E-state index < -0.39 is 15.9 Å². The van der Waals surface area contributed by atoms with Gasteiger partial charge in [-0.2, -0.15) is 0 Å². The Balaban J connectivity index is 1.84. The molecule has 0 saturated carbocycles. The zero-order chi connectivity index (χ0) is 22.6. The monoisotopic (exact) mass is 458 g/mol. The number of rotatable bonds is 7. The van der Waals surface area contributed by atoms with Gasteiger partial charge in [-0.05, 0) is 68.8 Å². The maximum atomic E-state index is 12.9. The van der Waals surface area contributed by atoms with Gasteiger partial charge in [-0.15, -0.1) is 0 Å². The van der Waals surface area contributed by atoms with E-state index in [-0.39, 0.29) is 21.6 Å². The molecule has 3 aromatic rings. The maximum Gasteiger partial charge on any atom is 0.263 e. The van der Waals surface area contributed by atoms with Crippen LogP contribution in [0.4, 0.5) is 11.4 Å². The molecular formula is C23H23ClN2O4S. The van der Waals surface area contributed by atoms with Gasteiger partial charge in [0.1, 0.15) is 10.6 Å². The number of sulfonamides is 1. The summed E-state index contributed by atoms with van der Waals surface area (Å²) in [4.78, 5) is 12.6. The summed E-state index contributed by atoms with van der Waals surface area (Å²) in [6.45, 7) is 5.67. The standard InChI is InChI=1S/C23H23ClN2O4S/c1-15(2)30-20-9-5-7-18(14-20)25-23(27)17-10-11-21(24)22(13-17)31(28,29)26-19-8-4-6-16(3)12-19/h4-15,26H,1-3H3,(H,25,27). The Hall–Kier alpha value is -3.03. The molecule has 0 atom stereocenters. The first-order chi connectivity index (χ1) is 14.6. The Morgan fingerprint density at radius 3 is 2.39 bits per heavy atom. The summed E-state index contributed by atoms with van der Waals surface area (Å²) in [5.74, 6) is 0.153. The Labute approximate surface area is 187 Å². The quantitative estimate of drug-likeness (QED) is 0.490. The fourth-order valence-corrected chi connectivity index (χ4v) is 4.47. The number of ether oxygens (including phenoxy) is 1. The molecule has 0 saturated heterocycles. The van der Waals surface area contributed by atoms with Gasteiger partial charge in [-0.25, -0.2) is 8.42 Å². The van der Waals surface area contributed by atoms with Crippen LogP contribution in [0.5, 0.6) is 5.75 Å². The molecule has 0 bridgehead atoms. The fraction of sp³-hybridized carbons (Fsp3) is 0.174. The molecule has 0 radical (unpaired) electrons. The van der Waals surface area contributed by atoms with Crippen molar-refractivity contribution in [3.8, 4) is 5.75 Å². The van der Waals surface area contributed by atoms with E-state index in [0.29, 0.717) is 17.1 Å². The highest BCUT2D eigenvalue weighted by Crippen LogP contribution is 2.26. The molecule has 0 heterocycles. The molecule has 0 unspecified atom stereocenters. The molecule has 162 valence electrons. The normalized spacial score (nSPS) is 11.3. The third-order valence-electron chi connectivity index (χ3n) is 4.22. The van der Waals surface area contributed by atoms with Crippen LogP contribution in [0.3, 0.4) is 0 Å². The predicted molar refractivity (Wildman–Crippen MR) is 124 cm³/mol. The van der Waals surface area contributed by atoms with Crippen molar-refractivity contribution in [2.75, 3.05) is 10.0 Å². The lowest BCUT2D eigenvalue weighted by atomic mass is 10.2. The summed E-state index contributed by atoms with van der Waals surface area (Å²) < 4.78 is 33.9. The minimum absolute atomic E-state index is 0.00381. The first kappa shape index (κ1) is 22.7. The summed E-state index contributed by atoms with van der Waals surface area (Å²) >= 11 is 6.14. The van der Waals surface area contributed by atoms with E-state index in [4.69, 9.17) is 16.3 Å². The topological polar surface area (TPSA) is 84.5 Å². The summed E-state index contributed by atoms with van der Waals surface area (Å²) in [5.41, 5.74) is 2.00. The van der Waals surface area contributed by atoms with Crippen molar-refractivity contribution in [1.29, 1.82) is 0 Å². The van der Waals surface area contributed by atoms with E-state index in [1.54, 1.807) is 42.5 Å². The Kier molecular flexibility index (Phi) is 6.87. The van der Waals surface area contributed by atoms with Gasteiger partial charge in [0, 0.05) is 23.0 Å². The van der Waals surface area contributed by atoms with Crippen LogP contribution in [0.1, 0.15) is 29.8 Å². The highest BCUT2D eigenvalue weighted by Gasteiger charge is 2.21. The van der Waals surface area contributed by atoms with Gasteiger partial charge in [0.05, 0.1) is 11.1 Å². The van der Waals surface area contributed by atoms with Gasteiger partial charge in [0.15, 0.2) is 0 Å². The second-order valence-corrected chi connectivity index (χ2v) is 9.33. The van der Waals surface area contributed by atoms with Crippen LogP contribution in [-0.2, 0) is 10.0 Å². The number of amides is 1. The number of nitrogens with one attached hydrogen (secondary N) is 2. The summed E-state index contributed by atoms with van der Waals surface area (Å²) in [6, 6.07) is 18.0. The van der Waals surface area contributed by atoms with E-state index in [9.17, 15) is 13.2 Å². The molecule has 1 amide bonds. The highest BCUT2D eigenvalue weighted by atomic mass is 35.5. The Morgan fingerprint density at radius 1 is 0.968 bits per heavy atom. The number of halogens is 1. The van der Waals surface area contributed by atoms with Gasteiger partial charge in [-0.3, -0.25) is 9.52 Å². The average Bonchev–Trinajstić information content (AvgIpc) is 2.67. The van der Waals surface area contributed by atoms with Crippen LogP contribution in [0.15, 0.2) is 71.6 Å². The van der Waals surface area contributed by atoms with Crippen molar-refractivity contribution in [1.82, 2.24) is 0 Å². The largest absolute Gasteiger partial charge is 0.491 e. The molecular weight excluding hydrogens is 436 g/mol. The van der Waals surface area contributed by atoms with E-state index in [1.807, 2.05) is 26.8 Å². The molecule has 6 nitrogen and oxygen atoms in total. The van der Waals surface area contributed by atoms with Gasteiger partial charge in [0.2, 0.25) is 0 Å². The van der Waals surface area contributed by atoms with Crippen LogP contribution in [0.25, 0.3) is 0 Å². The third-order valence-corrected chi connectivity index (χ3v) is 6.08. The van der Waals surface area contributed by atoms with Crippen molar-refractivity contribution < 1.29 is 17.9 Å². The first-order valence-electron chi connectivity index (χ1n) is 9.61. The number of carbonyl (C=O) groups is 1. The Bertz CT molecular complexity index is 1210. The molecule has 0 aliphatic carbocycles. The molecule has 0 aromatic heterocycles. The predicted octanol–water partition coefficient (Wildman–Crippen LogP) is 5.49. The van der Waals surface area contributed by atoms with Crippen molar-refractivity contribution >= 4 is 38.9 Å². The molecule has 0 fully saturated rings. The number of carbonyl (C=O) groups excluding carboxylic acids is 1. The number of hydrogen-bond acceptors (Lipinski definition) is 4. The molecule has 31 heavy (non-hydrogen) atoms. The van der Waals surface area contributed by atoms with Crippen molar-refractivity contribution in [3.05, 3.63) is 82.9 Å². The van der Waals surface area contributed by atoms with Crippen LogP contribution in [0.2, 0.25) is 5.02 Å². The number of hydrogen-bond donors (Lipinski definition) is 2. The molecule has 0 aliphatic heterocycles. The zero-order valence-corrected chi connectivity index (χ0v) is 18.9. The Morgan fingerprint density at radius 2 is 1.68 bits per heavy atom. The highest BCUT2D eigenvalue weighted by molar-refractivity contribution is 7.92. The van der Waals surface area contributed by atoms with E-state index >= 15 is 0 Å². The minimum Gasteiger partial charge on any atom is -0.491 e. The zero-order valence-electron chi connectivity index (χ0n) is 17.3. The lowest BCUT2D eigenvalue weighted by Crippen LogP contribution is -2.16. The lowest BCUT2D eigenvalue weighted by molar-refractivity contribution is 0.102. The summed E-state index contributed by atoms with van der Waals surface area (Å²) in [7, 11) is -3.99. The summed E-state index contributed by atoms with van der Waals surface area (Å²) in [5, 5.41) is 2.77. The SMILES string of the molecule is Cc1cccc(NS(=O)(=O)c2cc(C(=O)Nc3cccc(OC(C)C)c3)ccc2Cl)c1. The fourth-order valence-electron chi connectivity index (χ4n) is 2.89. The van der Waals surface area contributed by atoms with E-state index in [0.717, 1.165) is 5.56 Å². The molecule has 2 N–H and O–H groups in total. The van der Waals surface area contributed by atoms with E-state index in [2.05, 4.69) is 10.0 Å². The average molecular weight is 459 g/mol. The van der Waals surface area contributed by atoms with Gasteiger partial charge in [-0.1, -0.05) is 29.8 Å². The molecule has 3 aromatic carbocycles. The first-order valence-corrected chi connectivity index (χ1v) is 11.5.